The third kappa shape index (κ3) is 9.06. The fraction of sp³-hybridized carbons (Fsp3) is 0.182. The maximum Gasteiger partial charge on any atom is 0.408 e. The van der Waals surface area contributed by atoms with Crippen LogP contribution in [-0.4, -0.2) is 58.8 Å². The Morgan fingerprint density at radius 1 is 0.648 bits per heavy atom. The standard InChI is InChI=1S/C33H22Cl4F6N2O9/c34-19-9-11-21(36)25(29(47)48)23(19)27(45-51)15-1-5-18(6-2-15)54-53-14-31(32(38,39)40,33(41,42)43)13-52-17-7-3-16(4-8-17)44-28(46)24-20(35)10-12-22(37)26(24)30(49)50/h1-12,27,45,51H,13-14H2,(H,44,46)(H,47,48)(H,49,50). The van der Waals surface area contributed by atoms with Gasteiger partial charge in [-0.25, -0.2) is 9.59 Å². The van der Waals surface area contributed by atoms with E-state index in [0.29, 0.717) is 0 Å². The van der Waals surface area contributed by atoms with E-state index in [1.54, 1.807) is 0 Å². The lowest BCUT2D eigenvalue weighted by molar-refractivity contribution is -0.382. The average molecular weight is 846 g/mol. The van der Waals surface area contributed by atoms with Crippen LogP contribution in [0.3, 0.4) is 0 Å². The first-order valence-corrected chi connectivity index (χ1v) is 16.1. The first kappa shape index (κ1) is 42.3. The molecule has 4 aromatic carbocycles. The second kappa shape index (κ2) is 16.9. The molecule has 0 heterocycles. The lowest BCUT2D eigenvalue weighted by Crippen LogP contribution is -2.57. The van der Waals surface area contributed by atoms with Gasteiger partial charge in [0.05, 0.1) is 37.8 Å². The number of halogens is 10. The molecular weight excluding hydrogens is 824 g/mol. The van der Waals surface area contributed by atoms with E-state index in [9.17, 15) is 56.1 Å². The zero-order valence-electron chi connectivity index (χ0n) is 26.5. The fourth-order valence-electron chi connectivity index (χ4n) is 4.83. The molecule has 21 heteroatoms. The van der Waals surface area contributed by atoms with Crippen LogP contribution in [0.2, 0.25) is 20.1 Å². The summed E-state index contributed by atoms with van der Waals surface area (Å²) in [5.74, 6) is -4.96. The third-order valence-corrected chi connectivity index (χ3v) is 8.95. The SMILES string of the molecule is O=C(O)c1c(Cl)ccc(Cl)c1C(=O)Nc1ccc(OCC(COOc2ccc(C(NO)c3c(Cl)ccc(Cl)c3C(=O)O)cc2)(C(F)(F)F)C(F)(F)F)cc1. The maximum atomic E-state index is 14.2. The smallest absolute Gasteiger partial charge is 0.408 e. The summed E-state index contributed by atoms with van der Waals surface area (Å²) in [6.07, 6.45) is -12.0. The summed E-state index contributed by atoms with van der Waals surface area (Å²) in [6, 6.07) is 11.9. The Kier molecular flexibility index (Phi) is 13.2. The van der Waals surface area contributed by atoms with E-state index in [1.165, 1.54) is 30.3 Å². The molecule has 0 radical (unpaired) electrons. The first-order valence-electron chi connectivity index (χ1n) is 14.6. The number of aromatic carboxylic acids is 2. The highest BCUT2D eigenvalue weighted by Crippen LogP contribution is 2.51. The van der Waals surface area contributed by atoms with Crippen molar-refractivity contribution in [2.45, 2.75) is 18.4 Å². The monoisotopic (exact) mass is 844 g/mol. The van der Waals surface area contributed by atoms with E-state index >= 15 is 0 Å². The summed E-state index contributed by atoms with van der Waals surface area (Å²) in [4.78, 5) is 45.4. The Balaban J connectivity index is 1.48. The van der Waals surface area contributed by atoms with E-state index in [2.05, 4.69) is 10.2 Å². The topological polar surface area (TPSA) is 164 Å². The number of hydrogen-bond donors (Lipinski definition) is 5. The van der Waals surface area contributed by atoms with Crippen LogP contribution >= 0.6 is 46.4 Å². The van der Waals surface area contributed by atoms with Crippen LogP contribution in [0, 0.1) is 5.41 Å². The summed E-state index contributed by atoms with van der Waals surface area (Å²) in [7, 11) is 0. The number of benzene rings is 4. The van der Waals surface area contributed by atoms with Gasteiger partial charge in [0.1, 0.15) is 19.0 Å². The minimum atomic E-state index is -6.00. The number of hydroxylamine groups is 1. The summed E-state index contributed by atoms with van der Waals surface area (Å²) < 4.78 is 89.9. The summed E-state index contributed by atoms with van der Waals surface area (Å²) in [6.45, 7) is -4.17. The molecule has 0 aliphatic rings. The number of alkyl halides is 6. The van der Waals surface area contributed by atoms with Crippen LogP contribution in [0.5, 0.6) is 11.5 Å². The molecular formula is C33H22Cl4F6N2O9. The molecule has 4 aromatic rings. The zero-order valence-corrected chi connectivity index (χ0v) is 29.5. The van der Waals surface area contributed by atoms with Crippen molar-refractivity contribution in [1.82, 2.24) is 5.48 Å². The molecule has 288 valence electrons. The number of carboxylic acids is 2. The lowest BCUT2D eigenvalue weighted by Gasteiger charge is -2.35. The minimum Gasteiger partial charge on any atom is -0.492 e. The molecule has 0 fully saturated rings. The molecule has 0 aromatic heterocycles. The van der Waals surface area contributed by atoms with Crippen LogP contribution in [-0.2, 0) is 4.89 Å². The predicted octanol–water partition coefficient (Wildman–Crippen LogP) is 9.52. The highest BCUT2D eigenvalue weighted by atomic mass is 35.5. The Morgan fingerprint density at radius 2 is 1.13 bits per heavy atom. The van der Waals surface area contributed by atoms with Crippen molar-refractivity contribution in [1.29, 1.82) is 0 Å². The zero-order chi connectivity index (χ0) is 40.2. The normalized spacial score (nSPS) is 12.6. The Bertz CT molecular complexity index is 2020. The van der Waals surface area contributed by atoms with Crippen molar-refractivity contribution in [3.63, 3.8) is 0 Å². The lowest BCUT2D eigenvalue weighted by atomic mass is 9.88. The number of rotatable bonds is 14. The molecule has 0 spiro atoms. The molecule has 0 aliphatic carbocycles. The fourth-order valence-corrected chi connectivity index (χ4v) is 5.83. The molecule has 1 unspecified atom stereocenters. The number of amides is 1. The highest BCUT2D eigenvalue weighted by molar-refractivity contribution is 6.39. The number of carbonyl (C=O) groups excluding carboxylic acids is 1. The van der Waals surface area contributed by atoms with Gasteiger partial charge < -0.3 is 30.4 Å². The third-order valence-electron chi connectivity index (χ3n) is 7.67. The van der Waals surface area contributed by atoms with Gasteiger partial charge in [0.25, 0.3) is 5.91 Å². The molecule has 0 bridgehead atoms. The van der Waals surface area contributed by atoms with Gasteiger partial charge in [0, 0.05) is 16.3 Å². The minimum absolute atomic E-state index is 0.0699. The molecule has 11 nitrogen and oxygen atoms in total. The highest BCUT2D eigenvalue weighted by Gasteiger charge is 2.72. The molecule has 5 N–H and O–H groups in total. The van der Waals surface area contributed by atoms with Crippen LogP contribution in [0.1, 0.15) is 48.2 Å². The van der Waals surface area contributed by atoms with Crippen molar-refractivity contribution in [3.8, 4) is 11.5 Å². The van der Waals surface area contributed by atoms with Gasteiger partial charge in [-0.2, -0.15) is 36.7 Å². The van der Waals surface area contributed by atoms with Gasteiger partial charge in [-0.1, -0.05) is 58.5 Å². The van der Waals surface area contributed by atoms with Crippen molar-refractivity contribution in [2.75, 3.05) is 18.5 Å². The van der Waals surface area contributed by atoms with E-state index in [0.717, 1.165) is 42.5 Å². The predicted molar refractivity (Wildman–Crippen MR) is 181 cm³/mol. The van der Waals surface area contributed by atoms with Crippen LogP contribution < -0.4 is 20.4 Å². The molecule has 0 saturated heterocycles. The Labute approximate surface area is 319 Å². The first-order chi connectivity index (χ1) is 25.2. The van der Waals surface area contributed by atoms with Gasteiger partial charge in [-0.05, 0) is 66.2 Å². The van der Waals surface area contributed by atoms with E-state index in [1.807, 2.05) is 5.48 Å². The second-order valence-electron chi connectivity index (χ2n) is 11.0. The van der Waals surface area contributed by atoms with Gasteiger partial charge in [0.2, 0.25) is 5.41 Å². The van der Waals surface area contributed by atoms with E-state index in [4.69, 9.17) is 56.0 Å². The van der Waals surface area contributed by atoms with Crippen molar-refractivity contribution >= 4 is 69.9 Å². The van der Waals surface area contributed by atoms with Crippen molar-refractivity contribution in [3.05, 3.63) is 121 Å². The van der Waals surface area contributed by atoms with E-state index in [-0.39, 0.29) is 36.9 Å². The maximum absolute atomic E-state index is 14.2. The van der Waals surface area contributed by atoms with Gasteiger partial charge in [-0.3, -0.25) is 4.79 Å². The van der Waals surface area contributed by atoms with Crippen LogP contribution in [0.4, 0.5) is 32.0 Å². The van der Waals surface area contributed by atoms with Crippen molar-refractivity contribution in [2.24, 2.45) is 5.41 Å². The number of hydrogen-bond acceptors (Lipinski definition) is 8. The molecule has 1 atom stereocenters. The number of carbonyl (C=O) groups is 3. The van der Waals surface area contributed by atoms with Gasteiger partial charge in [0.15, 0.2) is 5.75 Å². The summed E-state index contributed by atoms with van der Waals surface area (Å²) in [5, 5.41) is 30.3. The van der Waals surface area contributed by atoms with E-state index < -0.39 is 83.1 Å². The summed E-state index contributed by atoms with van der Waals surface area (Å²) in [5.41, 5.74) is -4.42. The molecule has 4 rings (SSSR count). The quantitative estimate of drug-likeness (QED) is 0.0469. The van der Waals surface area contributed by atoms with Gasteiger partial charge in [-0.15, -0.1) is 0 Å². The molecule has 1 amide bonds. The number of ether oxygens (including phenoxy) is 1. The molecule has 54 heavy (non-hydrogen) atoms. The Morgan fingerprint density at radius 3 is 1.63 bits per heavy atom. The number of carboxylic acid groups (broad SMARTS) is 2. The van der Waals surface area contributed by atoms with Crippen LogP contribution in [0.25, 0.3) is 0 Å². The number of anilines is 1. The largest absolute Gasteiger partial charge is 0.492 e. The van der Waals surface area contributed by atoms with Crippen molar-refractivity contribution < 1.29 is 70.7 Å². The summed E-state index contributed by atoms with van der Waals surface area (Å²) >= 11 is 24.0. The Hall–Kier alpha value is -4.49. The molecule has 0 aliphatic heterocycles. The molecule has 0 saturated carbocycles. The second-order valence-corrected chi connectivity index (χ2v) is 12.7. The average Bonchev–Trinajstić information content (AvgIpc) is 3.08. The number of nitrogens with one attached hydrogen (secondary N) is 2. The van der Waals surface area contributed by atoms with Gasteiger partial charge >= 0.3 is 24.3 Å². The van der Waals surface area contributed by atoms with Crippen LogP contribution in [0.15, 0.2) is 72.8 Å².